The van der Waals surface area contributed by atoms with Gasteiger partial charge in [0.15, 0.2) is 5.82 Å². The Morgan fingerprint density at radius 2 is 1.83 bits per heavy atom. The number of hydrogen-bond acceptors (Lipinski definition) is 4. The van der Waals surface area contributed by atoms with E-state index in [9.17, 15) is 22.4 Å². The Labute approximate surface area is 162 Å². The highest BCUT2D eigenvalue weighted by atomic mass is 19.4. The van der Waals surface area contributed by atoms with Crippen molar-refractivity contribution in [3.05, 3.63) is 65.1 Å². The number of alkyl halides is 3. The molecule has 0 aliphatic heterocycles. The minimum Gasteiger partial charge on any atom is -0.455 e. The van der Waals surface area contributed by atoms with E-state index in [1.165, 1.54) is 18.2 Å². The van der Waals surface area contributed by atoms with Crippen LogP contribution in [0.1, 0.15) is 40.3 Å². The Morgan fingerprint density at radius 1 is 1.07 bits per heavy atom. The van der Waals surface area contributed by atoms with Gasteiger partial charge in [-0.15, -0.1) is 0 Å². The predicted octanol–water partition coefficient (Wildman–Crippen LogP) is 5.03. The summed E-state index contributed by atoms with van der Waals surface area (Å²) in [5.74, 6) is -2.19. The fraction of sp³-hybridized carbons (Fsp3) is 0.250. The van der Waals surface area contributed by atoms with Gasteiger partial charge in [0.05, 0.1) is 29.2 Å². The van der Waals surface area contributed by atoms with E-state index in [1.807, 2.05) is 0 Å². The molecule has 2 aromatic heterocycles. The number of nitrogens with zero attached hydrogens (tertiary/aromatic N) is 2. The number of carbonyl (C=O) groups is 1. The Morgan fingerprint density at radius 3 is 2.52 bits per heavy atom. The average molecular weight is 405 g/mol. The molecule has 29 heavy (non-hydrogen) atoms. The van der Waals surface area contributed by atoms with Crippen LogP contribution in [0.4, 0.5) is 23.4 Å². The van der Waals surface area contributed by atoms with E-state index in [0.717, 1.165) is 31.3 Å². The van der Waals surface area contributed by atoms with Crippen LogP contribution in [0.2, 0.25) is 0 Å². The van der Waals surface area contributed by atoms with E-state index in [2.05, 4.69) is 15.3 Å². The van der Waals surface area contributed by atoms with Gasteiger partial charge in [-0.1, -0.05) is 12.1 Å². The topological polar surface area (TPSA) is 68.0 Å². The van der Waals surface area contributed by atoms with Crippen LogP contribution in [0.3, 0.4) is 0 Å². The van der Waals surface area contributed by atoms with Crippen LogP contribution < -0.4 is 5.32 Å². The molecule has 3 aromatic rings. The molecule has 1 aliphatic rings. The average Bonchev–Trinajstić information content (AvgIpc) is 3.09. The van der Waals surface area contributed by atoms with Crippen LogP contribution in [-0.2, 0) is 19.0 Å². The molecule has 150 valence electrons. The van der Waals surface area contributed by atoms with Gasteiger partial charge in [-0.05, 0) is 31.4 Å². The monoisotopic (exact) mass is 405 g/mol. The molecule has 0 saturated carbocycles. The predicted molar refractivity (Wildman–Crippen MR) is 95.7 cm³/mol. The van der Waals surface area contributed by atoms with Crippen molar-refractivity contribution < 1.29 is 26.8 Å². The van der Waals surface area contributed by atoms with Gasteiger partial charge < -0.3 is 9.73 Å². The van der Waals surface area contributed by atoms with E-state index < -0.39 is 23.7 Å². The van der Waals surface area contributed by atoms with Gasteiger partial charge in [0.2, 0.25) is 5.76 Å². The number of rotatable bonds is 3. The minimum absolute atomic E-state index is 0.00655. The molecule has 4 rings (SSSR count). The van der Waals surface area contributed by atoms with Crippen LogP contribution in [0.5, 0.6) is 0 Å². The molecule has 0 fully saturated rings. The third-order valence-electron chi connectivity index (χ3n) is 4.70. The van der Waals surface area contributed by atoms with Gasteiger partial charge in [-0.25, -0.2) is 9.37 Å². The molecule has 1 N–H and O–H groups in total. The number of fused-ring (bicyclic) bond motifs is 1. The zero-order valence-electron chi connectivity index (χ0n) is 15.0. The Hall–Kier alpha value is -3.23. The standard InChI is InChI=1S/C20H15F4N3O2/c21-13-7-3-1-5-11(13)19(28)27-16-10-25-14(9-26-16)17-12-6-2-4-8-15(12)29-18(17)20(22,23)24/h1,3,5,7,9-10H,2,4,6,8H2,(H,26,27,28). The van der Waals surface area contributed by atoms with Crippen LogP contribution in [0, 0.1) is 5.82 Å². The number of nitrogens with one attached hydrogen (secondary N) is 1. The van der Waals surface area contributed by atoms with Crippen LogP contribution in [-0.4, -0.2) is 15.9 Å². The lowest BCUT2D eigenvalue weighted by Crippen LogP contribution is -2.15. The number of amides is 1. The number of hydrogen-bond donors (Lipinski definition) is 1. The number of aromatic nitrogens is 2. The fourth-order valence-corrected chi connectivity index (χ4v) is 3.39. The molecule has 1 aliphatic carbocycles. The summed E-state index contributed by atoms with van der Waals surface area (Å²) in [7, 11) is 0. The largest absolute Gasteiger partial charge is 0.455 e. The second-order valence-electron chi connectivity index (χ2n) is 6.63. The molecule has 9 heteroatoms. The highest BCUT2D eigenvalue weighted by Crippen LogP contribution is 2.43. The smallest absolute Gasteiger partial charge is 0.450 e. The summed E-state index contributed by atoms with van der Waals surface area (Å²) in [4.78, 5) is 20.2. The Balaban J connectivity index is 1.64. The summed E-state index contributed by atoms with van der Waals surface area (Å²) in [6, 6.07) is 5.41. The maximum atomic E-state index is 13.7. The van der Waals surface area contributed by atoms with Crippen LogP contribution in [0.25, 0.3) is 11.3 Å². The van der Waals surface area contributed by atoms with Gasteiger partial charge in [0, 0.05) is 12.0 Å². The normalized spacial score (nSPS) is 13.8. The van der Waals surface area contributed by atoms with E-state index in [4.69, 9.17) is 4.42 Å². The second kappa shape index (κ2) is 7.31. The first-order valence-corrected chi connectivity index (χ1v) is 8.94. The molecule has 1 amide bonds. The van der Waals surface area contributed by atoms with Gasteiger partial charge in [0.25, 0.3) is 5.91 Å². The Bertz CT molecular complexity index is 1060. The van der Waals surface area contributed by atoms with Gasteiger partial charge in [-0.2, -0.15) is 13.2 Å². The van der Waals surface area contributed by atoms with E-state index in [-0.39, 0.29) is 22.6 Å². The fourth-order valence-electron chi connectivity index (χ4n) is 3.39. The molecule has 1 aromatic carbocycles. The van der Waals surface area contributed by atoms with Crippen molar-refractivity contribution in [3.8, 4) is 11.3 Å². The third-order valence-corrected chi connectivity index (χ3v) is 4.70. The maximum absolute atomic E-state index is 13.7. The Kier molecular flexibility index (Phi) is 4.81. The lowest BCUT2D eigenvalue weighted by Gasteiger charge is -2.11. The molecule has 2 heterocycles. The summed E-state index contributed by atoms with van der Waals surface area (Å²) in [6.45, 7) is 0. The zero-order valence-corrected chi connectivity index (χ0v) is 15.0. The van der Waals surface area contributed by atoms with Crippen molar-refractivity contribution in [3.63, 3.8) is 0 Å². The van der Waals surface area contributed by atoms with Gasteiger partial charge in [-0.3, -0.25) is 9.78 Å². The van der Waals surface area contributed by atoms with E-state index >= 15 is 0 Å². The highest BCUT2D eigenvalue weighted by Gasteiger charge is 2.41. The van der Waals surface area contributed by atoms with Gasteiger partial charge >= 0.3 is 6.18 Å². The first kappa shape index (κ1) is 19.1. The molecule has 0 atom stereocenters. The summed E-state index contributed by atoms with van der Waals surface area (Å²) < 4.78 is 59.2. The maximum Gasteiger partial charge on any atom is 0.450 e. The lowest BCUT2D eigenvalue weighted by atomic mass is 9.93. The highest BCUT2D eigenvalue weighted by molar-refractivity contribution is 6.03. The molecule has 0 saturated heterocycles. The van der Waals surface area contributed by atoms with Crippen molar-refractivity contribution in [1.82, 2.24) is 9.97 Å². The van der Waals surface area contributed by atoms with Crippen molar-refractivity contribution in [2.75, 3.05) is 5.32 Å². The molecular formula is C20H15F4N3O2. The van der Waals surface area contributed by atoms with E-state index in [0.29, 0.717) is 24.2 Å². The lowest BCUT2D eigenvalue weighted by molar-refractivity contribution is -0.152. The number of halogens is 4. The summed E-state index contributed by atoms with van der Waals surface area (Å²) in [5.41, 5.74) is 0.224. The molecular weight excluding hydrogens is 390 g/mol. The van der Waals surface area contributed by atoms with Crippen molar-refractivity contribution in [2.45, 2.75) is 31.9 Å². The van der Waals surface area contributed by atoms with E-state index in [1.54, 1.807) is 0 Å². The van der Waals surface area contributed by atoms with Crippen molar-refractivity contribution >= 4 is 11.7 Å². The molecule has 5 nitrogen and oxygen atoms in total. The molecule has 0 spiro atoms. The number of carbonyl (C=O) groups excluding carboxylic acids is 1. The summed E-state index contributed by atoms with van der Waals surface area (Å²) in [6.07, 6.45) is 0.0692. The number of aryl methyl sites for hydroxylation is 1. The number of furan rings is 1. The quantitative estimate of drug-likeness (QED) is 0.621. The third kappa shape index (κ3) is 3.72. The molecule has 0 radical (unpaired) electrons. The van der Waals surface area contributed by atoms with Crippen molar-refractivity contribution in [1.29, 1.82) is 0 Å². The first-order valence-electron chi connectivity index (χ1n) is 8.94. The minimum atomic E-state index is -4.66. The number of benzene rings is 1. The molecule has 0 unspecified atom stereocenters. The van der Waals surface area contributed by atoms with Gasteiger partial charge in [0.1, 0.15) is 11.6 Å². The first-order chi connectivity index (χ1) is 13.8. The number of anilines is 1. The summed E-state index contributed by atoms with van der Waals surface area (Å²) in [5, 5.41) is 2.38. The SMILES string of the molecule is O=C(Nc1cnc(-c2c(C(F)(F)F)oc3c2CCCC3)cn1)c1ccccc1F. The van der Waals surface area contributed by atoms with Crippen LogP contribution in [0.15, 0.2) is 41.1 Å². The second-order valence-corrected chi connectivity index (χ2v) is 6.63. The molecule has 0 bridgehead atoms. The van der Waals surface area contributed by atoms with Crippen molar-refractivity contribution in [2.24, 2.45) is 0 Å². The van der Waals surface area contributed by atoms with Crippen LogP contribution >= 0.6 is 0 Å². The summed E-state index contributed by atoms with van der Waals surface area (Å²) >= 11 is 0. The zero-order chi connectivity index (χ0) is 20.6.